The highest BCUT2D eigenvalue weighted by atomic mass is 32.1. The molecular weight excluding hydrogens is 146 g/mol. The van der Waals surface area contributed by atoms with Crippen molar-refractivity contribution >= 4 is 12.6 Å². The molecule has 0 spiro atoms. The highest BCUT2D eigenvalue weighted by Crippen LogP contribution is 2.10. The van der Waals surface area contributed by atoms with E-state index in [1.54, 1.807) is 0 Å². The molecule has 0 amide bonds. The summed E-state index contributed by atoms with van der Waals surface area (Å²) in [7, 11) is 0. The third-order valence-corrected chi connectivity index (χ3v) is 1.54. The number of aliphatic hydroxyl groups is 1. The zero-order chi connectivity index (χ0) is 8.04. The lowest BCUT2D eigenvalue weighted by Crippen LogP contribution is -2.33. The van der Waals surface area contributed by atoms with Crippen LogP contribution in [0.1, 0.15) is 13.8 Å². The zero-order valence-electron chi connectivity index (χ0n) is 6.72. The van der Waals surface area contributed by atoms with Gasteiger partial charge in [0.1, 0.15) is 0 Å². The Balaban J connectivity index is 3.28. The van der Waals surface area contributed by atoms with Gasteiger partial charge in [-0.2, -0.15) is 12.6 Å². The molecule has 3 heteroatoms. The standard InChI is InChI=1S/C7H17NOS/c1-7(2,6-9)5-8-3-4-10/h8-10H,3-6H2,1-2H3. The zero-order valence-corrected chi connectivity index (χ0v) is 7.62. The smallest absolute Gasteiger partial charge is 0.0494 e. The molecule has 0 unspecified atom stereocenters. The van der Waals surface area contributed by atoms with Gasteiger partial charge in [-0.3, -0.25) is 0 Å². The molecule has 0 saturated heterocycles. The van der Waals surface area contributed by atoms with E-state index >= 15 is 0 Å². The lowest BCUT2D eigenvalue weighted by Gasteiger charge is -2.21. The van der Waals surface area contributed by atoms with Gasteiger partial charge < -0.3 is 10.4 Å². The second-order valence-electron chi connectivity index (χ2n) is 3.22. The van der Waals surface area contributed by atoms with Crippen LogP contribution in [0, 0.1) is 5.41 Å². The fourth-order valence-electron chi connectivity index (χ4n) is 0.562. The summed E-state index contributed by atoms with van der Waals surface area (Å²) >= 11 is 4.05. The molecule has 0 heterocycles. The number of aliphatic hydroxyl groups excluding tert-OH is 1. The Kier molecular flexibility index (Phi) is 5.13. The maximum Gasteiger partial charge on any atom is 0.0494 e. The van der Waals surface area contributed by atoms with E-state index in [9.17, 15) is 0 Å². The van der Waals surface area contributed by atoms with Gasteiger partial charge >= 0.3 is 0 Å². The first kappa shape index (κ1) is 10.3. The topological polar surface area (TPSA) is 32.3 Å². The third kappa shape index (κ3) is 5.09. The normalized spacial score (nSPS) is 12.0. The fourth-order valence-corrected chi connectivity index (χ4v) is 0.720. The molecule has 10 heavy (non-hydrogen) atoms. The average molecular weight is 163 g/mol. The van der Waals surface area contributed by atoms with Crippen molar-refractivity contribution in [1.29, 1.82) is 0 Å². The van der Waals surface area contributed by atoms with Crippen molar-refractivity contribution in [1.82, 2.24) is 5.32 Å². The van der Waals surface area contributed by atoms with Crippen LogP contribution >= 0.6 is 12.6 Å². The molecule has 0 atom stereocenters. The maximum atomic E-state index is 8.83. The van der Waals surface area contributed by atoms with Crippen molar-refractivity contribution in [3.05, 3.63) is 0 Å². The minimum atomic E-state index is 0.00292. The molecule has 0 aliphatic carbocycles. The maximum absolute atomic E-state index is 8.83. The van der Waals surface area contributed by atoms with Crippen LogP contribution < -0.4 is 5.32 Å². The van der Waals surface area contributed by atoms with Crippen molar-refractivity contribution in [3.63, 3.8) is 0 Å². The van der Waals surface area contributed by atoms with Crippen LogP contribution in [0.5, 0.6) is 0 Å². The van der Waals surface area contributed by atoms with Crippen LogP contribution in [0.3, 0.4) is 0 Å². The minimum Gasteiger partial charge on any atom is -0.396 e. The van der Waals surface area contributed by atoms with Crippen LogP contribution in [-0.4, -0.2) is 30.6 Å². The van der Waals surface area contributed by atoms with Crippen molar-refractivity contribution in [3.8, 4) is 0 Å². The molecule has 2 N–H and O–H groups in total. The quantitative estimate of drug-likeness (QED) is 0.408. The van der Waals surface area contributed by atoms with Crippen molar-refractivity contribution in [2.24, 2.45) is 5.41 Å². The highest BCUT2D eigenvalue weighted by Gasteiger charge is 2.14. The Labute approximate surface area is 68.4 Å². The molecule has 0 aromatic heterocycles. The molecule has 0 fully saturated rings. The second kappa shape index (κ2) is 4.99. The van der Waals surface area contributed by atoms with Gasteiger partial charge in [-0.05, 0) is 0 Å². The van der Waals surface area contributed by atoms with E-state index in [-0.39, 0.29) is 12.0 Å². The predicted molar refractivity (Wildman–Crippen MR) is 47.6 cm³/mol. The number of hydrogen-bond donors (Lipinski definition) is 3. The summed E-state index contributed by atoms with van der Waals surface area (Å²) in [5.74, 6) is 0.849. The largest absolute Gasteiger partial charge is 0.396 e. The number of nitrogens with one attached hydrogen (secondary N) is 1. The summed E-state index contributed by atoms with van der Waals surface area (Å²) < 4.78 is 0. The van der Waals surface area contributed by atoms with E-state index in [0.29, 0.717) is 0 Å². The summed E-state index contributed by atoms with van der Waals surface area (Å²) in [6, 6.07) is 0. The van der Waals surface area contributed by atoms with Gasteiger partial charge in [0.25, 0.3) is 0 Å². The van der Waals surface area contributed by atoms with E-state index in [1.165, 1.54) is 0 Å². The molecule has 0 aliphatic heterocycles. The Morgan fingerprint density at radius 3 is 2.50 bits per heavy atom. The molecule has 0 rings (SSSR count). The molecule has 0 aromatic rings. The average Bonchev–Trinajstić information content (AvgIpc) is 1.89. The van der Waals surface area contributed by atoms with Crippen LogP contribution in [0.4, 0.5) is 0 Å². The molecule has 2 nitrogen and oxygen atoms in total. The van der Waals surface area contributed by atoms with Crippen molar-refractivity contribution in [2.45, 2.75) is 13.8 Å². The Morgan fingerprint density at radius 1 is 1.50 bits per heavy atom. The first-order valence-corrected chi connectivity index (χ1v) is 4.18. The van der Waals surface area contributed by atoms with Gasteiger partial charge in [-0.15, -0.1) is 0 Å². The van der Waals surface area contributed by atoms with E-state index < -0.39 is 0 Å². The summed E-state index contributed by atoms with van der Waals surface area (Å²) in [5, 5.41) is 12.0. The van der Waals surface area contributed by atoms with Crippen LogP contribution in [0.2, 0.25) is 0 Å². The van der Waals surface area contributed by atoms with Crippen molar-refractivity contribution in [2.75, 3.05) is 25.4 Å². The van der Waals surface area contributed by atoms with E-state index in [1.807, 2.05) is 13.8 Å². The first-order chi connectivity index (χ1) is 4.62. The Morgan fingerprint density at radius 2 is 2.10 bits per heavy atom. The molecule has 0 aliphatic rings. The van der Waals surface area contributed by atoms with Gasteiger partial charge in [0, 0.05) is 30.9 Å². The summed E-state index contributed by atoms with van der Waals surface area (Å²) in [5.41, 5.74) is 0.00292. The predicted octanol–water partition coefficient (Wildman–Crippen LogP) is 0.524. The summed E-state index contributed by atoms with van der Waals surface area (Å²) in [6.07, 6.45) is 0. The van der Waals surface area contributed by atoms with E-state index in [2.05, 4.69) is 17.9 Å². The van der Waals surface area contributed by atoms with Gasteiger partial charge in [-0.25, -0.2) is 0 Å². The summed E-state index contributed by atoms with van der Waals surface area (Å²) in [4.78, 5) is 0. The molecule has 0 radical (unpaired) electrons. The lowest BCUT2D eigenvalue weighted by atomic mass is 9.95. The number of hydrogen-bond acceptors (Lipinski definition) is 3. The number of rotatable bonds is 5. The Hall–Kier alpha value is 0.270. The first-order valence-electron chi connectivity index (χ1n) is 3.55. The monoisotopic (exact) mass is 163 g/mol. The molecule has 0 bridgehead atoms. The van der Waals surface area contributed by atoms with Crippen LogP contribution in [-0.2, 0) is 0 Å². The van der Waals surface area contributed by atoms with E-state index in [0.717, 1.165) is 18.8 Å². The van der Waals surface area contributed by atoms with Gasteiger partial charge in [0.2, 0.25) is 0 Å². The molecular formula is C7H17NOS. The molecule has 0 saturated carbocycles. The highest BCUT2D eigenvalue weighted by molar-refractivity contribution is 7.80. The lowest BCUT2D eigenvalue weighted by molar-refractivity contribution is 0.158. The summed E-state index contributed by atoms with van der Waals surface area (Å²) in [6.45, 7) is 6.04. The van der Waals surface area contributed by atoms with Gasteiger partial charge in [-0.1, -0.05) is 13.8 Å². The SMILES string of the molecule is CC(C)(CO)CNCCS. The fraction of sp³-hybridized carbons (Fsp3) is 1.00. The van der Waals surface area contributed by atoms with Crippen LogP contribution in [0.15, 0.2) is 0 Å². The van der Waals surface area contributed by atoms with Gasteiger partial charge in [0.05, 0.1) is 0 Å². The molecule has 62 valence electrons. The Bertz CT molecular complexity index is 85.7. The third-order valence-electron chi connectivity index (χ3n) is 1.32. The van der Waals surface area contributed by atoms with E-state index in [4.69, 9.17) is 5.11 Å². The van der Waals surface area contributed by atoms with Gasteiger partial charge in [0.15, 0.2) is 0 Å². The van der Waals surface area contributed by atoms with Crippen LogP contribution in [0.25, 0.3) is 0 Å². The molecule has 0 aromatic carbocycles. The number of thiol groups is 1. The second-order valence-corrected chi connectivity index (χ2v) is 3.67. The van der Waals surface area contributed by atoms with Crippen molar-refractivity contribution < 1.29 is 5.11 Å². The minimum absolute atomic E-state index is 0.00292.